The SMILES string of the molecule is O=C(OC[C@H]1O[C@@H](O[C@@H]2CCC[C@@H]3CCCC[C@H]2C3=O)[C@H](OC(=O)c2ccccc2)[C@@H](OC(=O)c2ccccc2)[C@@H]1OC(=O)c1ccccc1)c1ccccc1. The number of benzene rings is 4. The molecule has 2 aliphatic carbocycles. The van der Waals surface area contributed by atoms with Gasteiger partial charge in [-0.05, 0) is 74.2 Å². The van der Waals surface area contributed by atoms with E-state index in [2.05, 4.69) is 0 Å². The molecule has 3 aliphatic rings. The highest BCUT2D eigenvalue weighted by atomic mass is 16.7. The minimum Gasteiger partial charge on any atom is -0.459 e. The van der Waals surface area contributed by atoms with Crippen LogP contribution in [0.5, 0.6) is 0 Å². The zero-order valence-electron chi connectivity index (χ0n) is 30.8. The number of carbonyl (C=O) groups excluding carboxylic acids is 5. The molecule has 4 aromatic carbocycles. The number of esters is 4. The summed E-state index contributed by atoms with van der Waals surface area (Å²) in [7, 11) is 0. The minimum absolute atomic E-state index is 0.0541. The molecule has 0 radical (unpaired) electrons. The predicted octanol–water partition coefficient (Wildman–Crippen LogP) is 7.19. The Morgan fingerprint density at radius 1 is 0.518 bits per heavy atom. The van der Waals surface area contributed by atoms with Crippen molar-refractivity contribution < 1.29 is 52.4 Å². The second-order valence-electron chi connectivity index (χ2n) is 14.3. The number of fused-ring (bicyclic) bond motifs is 2. The molecule has 0 amide bonds. The first kappa shape index (κ1) is 38.6. The molecule has 1 saturated heterocycles. The van der Waals surface area contributed by atoms with Crippen LogP contribution >= 0.6 is 0 Å². The minimum atomic E-state index is -1.54. The van der Waals surface area contributed by atoms with Crippen molar-refractivity contribution in [3.05, 3.63) is 144 Å². The molecular formula is C45H44O11. The maximum Gasteiger partial charge on any atom is 0.338 e. The summed E-state index contributed by atoms with van der Waals surface area (Å²) < 4.78 is 37.6. The van der Waals surface area contributed by atoms with Gasteiger partial charge in [0.1, 0.15) is 18.5 Å². The van der Waals surface area contributed by atoms with E-state index < -0.39 is 73.2 Å². The van der Waals surface area contributed by atoms with Gasteiger partial charge in [-0.3, -0.25) is 4.79 Å². The van der Waals surface area contributed by atoms with E-state index in [1.165, 1.54) is 0 Å². The van der Waals surface area contributed by atoms with Crippen LogP contribution in [0.3, 0.4) is 0 Å². The molecule has 1 heterocycles. The molecule has 2 saturated carbocycles. The molecule has 7 rings (SSSR count). The summed E-state index contributed by atoms with van der Waals surface area (Å²) in [5.41, 5.74) is 0.850. The van der Waals surface area contributed by atoms with Gasteiger partial charge in [-0.2, -0.15) is 0 Å². The average Bonchev–Trinajstić information content (AvgIpc) is 3.51. The third kappa shape index (κ3) is 9.23. The van der Waals surface area contributed by atoms with Gasteiger partial charge in [-0.1, -0.05) is 92.1 Å². The molecular weight excluding hydrogens is 716 g/mol. The fourth-order valence-corrected chi connectivity index (χ4v) is 7.74. The number of hydrogen-bond acceptors (Lipinski definition) is 11. The lowest BCUT2D eigenvalue weighted by atomic mass is 9.89. The number of rotatable bonds is 11. The third-order valence-electron chi connectivity index (χ3n) is 10.6. The Labute approximate surface area is 325 Å². The largest absolute Gasteiger partial charge is 0.459 e. The van der Waals surface area contributed by atoms with E-state index in [1.54, 1.807) is 121 Å². The quantitative estimate of drug-likeness (QED) is 0.113. The zero-order valence-corrected chi connectivity index (χ0v) is 30.8. The standard InChI is InChI=1S/C45H44O11/c46-37-29-16-13-14-26-34(37)35(27-15-25-29)52-45-40(56-44(50)33-23-11-4-12-24-33)39(55-43(49)32-21-9-3-10-22-32)38(54-42(48)31-19-7-2-8-20-31)36(53-45)28-51-41(47)30-17-5-1-6-18-30/h1-12,17-24,29,34-36,38-40,45H,13-16,25-28H2/t29-,34+,35+,36+,38+,39-,40+,45+/m0/s1. The van der Waals surface area contributed by atoms with Crippen LogP contribution in [0.1, 0.15) is 86.4 Å². The number of hydrogen-bond donors (Lipinski definition) is 0. The Bertz CT molecular complexity index is 1950. The van der Waals surface area contributed by atoms with Gasteiger partial charge in [-0.15, -0.1) is 0 Å². The number of ether oxygens (including phenoxy) is 6. The van der Waals surface area contributed by atoms with Crippen LogP contribution in [0, 0.1) is 11.8 Å². The highest BCUT2D eigenvalue weighted by molar-refractivity contribution is 5.91. The zero-order chi connectivity index (χ0) is 38.9. The predicted molar refractivity (Wildman–Crippen MR) is 202 cm³/mol. The molecule has 56 heavy (non-hydrogen) atoms. The van der Waals surface area contributed by atoms with Gasteiger partial charge in [0.2, 0.25) is 0 Å². The molecule has 2 bridgehead atoms. The average molecular weight is 761 g/mol. The Morgan fingerprint density at radius 3 is 1.50 bits per heavy atom. The Hall–Kier alpha value is -5.65. The Balaban J connectivity index is 1.29. The number of Topliss-reactive ketones (excluding diaryl/α,β-unsaturated/α-hetero) is 1. The van der Waals surface area contributed by atoms with Gasteiger partial charge in [0, 0.05) is 11.8 Å². The second-order valence-corrected chi connectivity index (χ2v) is 14.3. The first-order valence-electron chi connectivity index (χ1n) is 19.2. The van der Waals surface area contributed by atoms with Crippen LogP contribution in [-0.2, 0) is 33.2 Å². The van der Waals surface area contributed by atoms with E-state index in [9.17, 15) is 24.0 Å². The van der Waals surface area contributed by atoms with Crippen molar-refractivity contribution >= 4 is 29.7 Å². The van der Waals surface area contributed by atoms with Crippen LogP contribution in [-0.4, -0.2) is 73.1 Å². The lowest BCUT2D eigenvalue weighted by Gasteiger charge is -2.45. The van der Waals surface area contributed by atoms with Crippen molar-refractivity contribution in [2.75, 3.05) is 6.61 Å². The maximum absolute atomic E-state index is 13.9. The summed E-state index contributed by atoms with van der Waals surface area (Å²) in [5.74, 6) is -3.36. The molecule has 11 nitrogen and oxygen atoms in total. The number of carbonyl (C=O) groups is 5. The molecule has 0 spiro atoms. The van der Waals surface area contributed by atoms with Gasteiger partial charge >= 0.3 is 23.9 Å². The summed E-state index contributed by atoms with van der Waals surface area (Å²) in [6.45, 7) is -0.464. The van der Waals surface area contributed by atoms with Crippen LogP contribution in [0.25, 0.3) is 0 Å². The van der Waals surface area contributed by atoms with Gasteiger partial charge < -0.3 is 28.4 Å². The fourth-order valence-electron chi connectivity index (χ4n) is 7.74. The molecule has 8 atom stereocenters. The maximum atomic E-state index is 13.9. The second kappa shape index (κ2) is 18.3. The van der Waals surface area contributed by atoms with Crippen LogP contribution in [0.4, 0.5) is 0 Å². The van der Waals surface area contributed by atoms with E-state index in [0.29, 0.717) is 12.8 Å². The summed E-state index contributed by atoms with van der Waals surface area (Å²) in [6, 6.07) is 33.0. The van der Waals surface area contributed by atoms with E-state index in [0.717, 1.165) is 32.1 Å². The first-order chi connectivity index (χ1) is 27.4. The smallest absolute Gasteiger partial charge is 0.338 e. The van der Waals surface area contributed by atoms with Gasteiger partial charge in [0.25, 0.3) is 0 Å². The molecule has 290 valence electrons. The highest BCUT2D eigenvalue weighted by Gasteiger charge is 2.55. The van der Waals surface area contributed by atoms with Crippen molar-refractivity contribution in [3.63, 3.8) is 0 Å². The Morgan fingerprint density at radius 2 is 0.964 bits per heavy atom. The Kier molecular flexibility index (Phi) is 12.6. The van der Waals surface area contributed by atoms with Crippen molar-refractivity contribution in [2.45, 2.75) is 81.8 Å². The molecule has 0 aromatic heterocycles. The van der Waals surface area contributed by atoms with Crippen LogP contribution < -0.4 is 0 Å². The third-order valence-corrected chi connectivity index (χ3v) is 10.6. The topological polar surface area (TPSA) is 141 Å². The molecule has 11 heteroatoms. The summed E-state index contributed by atoms with van der Waals surface area (Å²) in [4.78, 5) is 68.7. The van der Waals surface area contributed by atoms with Crippen molar-refractivity contribution in [1.82, 2.24) is 0 Å². The lowest BCUT2D eigenvalue weighted by Crippen LogP contribution is -2.63. The summed E-state index contributed by atoms with van der Waals surface area (Å²) in [5, 5.41) is 0. The molecule has 3 fully saturated rings. The van der Waals surface area contributed by atoms with E-state index in [1.807, 2.05) is 0 Å². The molecule has 1 aliphatic heterocycles. The van der Waals surface area contributed by atoms with Crippen LogP contribution in [0.2, 0.25) is 0 Å². The number of ketones is 1. The monoisotopic (exact) mass is 760 g/mol. The van der Waals surface area contributed by atoms with E-state index >= 15 is 0 Å². The molecule has 4 aromatic rings. The van der Waals surface area contributed by atoms with Gasteiger partial charge in [-0.25, -0.2) is 19.2 Å². The van der Waals surface area contributed by atoms with Gasteiger partial charge in [0.15, 0.2) is 24.6 Å². The van der Waals surface area contributed by atoms with Gasteiger partial charge in [0.05, 0.1) is 28.4 Å². The fraction of sp³-hybridized carbons (Fsp3) is 0.356. The normalized spacial score (nSPS) is 26.1. The van der Waals surface area contributed by atoms with Crippen molar-refractivity contribution in [3.8, 4) is 0 Å². The lowest BCUT2D eigenvalue weighted by molar-refractivity contribution is -0.311. The van der Waals surface area contributed by atoms with Crippen LogP contribution in [0.15, 0.2) is 121 Å². The first-order valence-corrected chi connectivity index (χ1v) is 19.2. The van der Waals surface area contributed by atoms with Crippen molar-refractivity contribution in [2.24, 2.45) is 11.8 Å². The molecule has 0 unspecified atom stereocenters. The van der Waals surface area contributed by atoms with E-state index in [-0.39, 0.29) is 34.0 Å². The highest BCUT2D eigenvalue weighted by Crippen LogP contribution is 2.39. The molecule has 0 N–H and O–H groups in total. The van der Waals surface area contributed by atoms with Crippen molar-refractivity contribution in [1.29, 1.82) is 0 Å². The summed E-state index contributed by atoms with van der Waals surface area (Å²) >= 11 is 0. The van der Waals surface area contributed by atoms with E-state index in [4.69, 9.17) is 28.4 Å². The summed E-state index contributed by atoms with van der Waals surface area (Å²) in [6.07, 6.45) is -2.58.